The molecule has 26 heavy (non-hydrogen) atoms. The summed E-state index contributed by atoms with van der Waals surface area (Å²) in [4.78, 5) is 4.52. The second kappa shape index (κ2) is 7.94. The fourth-order valence-electron chi connectivity index (χ4n) is 2.87. The van der Waals surface area contributed by atoms with Crippen molar-refractivity contribution in [3.8, 4) is 34.1 Å². The van der Waals surface area contributed by atoms with Crippen LogP contribution in [0.2, 0.25) is 0 Å². The zero-order valence-electron chi connectivity index (χ0n) is 14.7. The highest BCUT2D eigenvalue weighted by atomic mass is 32.2. The molecule has 1 heterocycles. The fourth-order valence-corrected chi connectivity index (χ4v) is 3.60. The minimum Gasteiger partial charge on any atom is -0.497 e. The molecule has 0 saturated heterocycles. The number of aromatic nitrogens is 1. The van der Waals surface area contributed by atoms with Crippen LogP contribution in [0.15, 0.2) is 59.6 Å². The molecule has 5 heteroatoms. The van der Waals surface area contributed by atoms with E-state index < -0.39 is 0 Å². The van der Waals surface area contributed by atoms with Gasteiger partial charge in [0.15, 0.2) is 0 Å². The lowest BCUT2D eigenvalue weighted by atomic mass is 9.92. The Morgan fingerprint density at radius 3 is 2.27 bits per heavy atom. The number of benzene rings is 2. The summed E-state index contributed by atoms with van der Waals surface area (Å²) < 4.78 is 5.26. The third-order valence-electron chi connectivity index (χ3n) is 4.03. The van der Waals surface area contributed by atoms with E-state index in [2.05, 4.69) is 11.1 Å². The Kier molecular flexibility index (Phi) is 5.45. The summed E-state index contributed by atoms with van der Waals surface area (Å²) >= 11 is 1.52. The van der Waals surface area contributed by atoms with E-state index in [9.17, 15) is 5.26 Å². The van der Waals surface area contributed by atoms with Gasteiger partial charge in [0, 0.05) is 11.1 Å². The number of rotatable bonds is 5. The average molecular weight is 361 g/mol. The van der Waals surface area contributed by atoms with Crippen molar-refractivity contribution in [2.24, 2.45) is 0 Å². The minimum absolute atomic E-state index is 0.428. The van der Waals surface area contributed by atoms with Crippen molar-refractivity contribution in [3.63, 3.8) is 0 Å². The number of nitriles is 1. The van der Waals surface area contributed by atoms with Crippen LogP contribution in [0, 0.1) is 11.3 Å². The summed E-state index contributed by atoms with van der Waals surface area (Å²) in [6, 6.07) is 19.8. The Labute approximate surface area is 157 Å². The van der Waals surface area contributed by atoms with Crippen LogP contribution < -0.4 is 10.5 Å². The predicted octanol–water partition coefficient (Wildman–Crippen LogP) is 4.99. The van der Waals surface area contributed by atoms with Gasteiger partial charge in [-0.15, -0.1) is 11.8 Å². The van der Waals surface area contributed by atoms with E-state index in [1.807, 2.05) is 61.5 Å². The molecule has 3 aromatic rings. The molecule has 0 unspecified atom stereocenters. The van der Waals surface area contributed by atoms with Crippen molar-refractivity contribution in [2.75, 3.05) is 18.6 Å². The number of hydrogen-bond acceptors (Lipinski definition) is 5. The number of pyridine rings is 1. The Morgan fingerprint density at radius 2 is 1.69 bits per heavy atom. The number of nitrogen functional groups attached to an aromatic ring is 1. The van der Waals surface area contributed by atoms with E-state index in [4.69, 9.17) is 10.5 Å². The first kappa shape index (κ1) is 17.8. The molecule has 130 valence electrons. The molecule has 4 nitrogen and oxygen atoms in total. The highest BCUT2D eigenvalue weighted by molar-refractivity contribution is 7.99. The topological polar surface area (TPSA) is 71.9 Å². The zero-order chi connectivity index (χ0) is 18.5. The molecule has 0 spiro atoms. The number of anilines is 1. The van der Waals surface area contributed by atoms with Crippen molar-refractivity contribution in [3.05, 3.63) is 60.2 Å². The summed E-state index contributed by atoms with van der Waals surface area (Å²) in [5.74, 6) is 2.00. The number of nitrogens with zero attached hydrogens (tertiary/aromatic N) is 2. The van der Waals surface area contributed by atoms with Gasteiger partial charge in [-0.2, -0.15) is 5.26 Å². The van der Waals surface area contributed by atoms with Gasteiger partial charge in [-0.3, -0.25) is 0 Å². The number of hydrogen-bond donors (Lipinski definition) is 1. The van der Waals surface area contributed by atoms with E-state index in [1.54, 1.807) is 7.11 Å². The Bertz CT molecular complexity index is 948. The molecule has 0 atom stereocenters. The number of nitrogens with two attached hydrogens (primary N) is 1. The first-order chi connectivity index (χ1) is 12.7. The number of methoxy groups -OCH3 is 1. The van der Waals surface area contributed by atoms with Gasteiger partial charge in [0.25, 0.3) is 0 Å². The van der Waals surface area contributed by atoms with Crippen molar-refractivity contribution in [2.45, 2.75) is 11.9 Å². The van der Waals surface area contributed by atoms with Crippen LogP contribution in [0.3, 0.4) is 0 Å². The molecule has 0 aliphatic carbocycles. The van der Waals surface area contributed by atoms with Gasteiger partial charge >= 0.3 is 0 Å². The molecule has 3 rings (SSSR count). The normalized spacial score (nSPS) is 10.3. The summed E-state index contributed by atoms with van der Waals surface area (Å²) in [6.07, 6.45) is 0. The van der Waals surface area contributed by atoms with Crippen LogP contribution in [0.25, 0.3) is 22.3 Å². The molecule has 0 saturated carbocycles. The SMILES string of the molecule is CCSc1nc(N)c(-c2ccccc2)c(-c2ccc(OC)cc2)c1C#N. The largest absolute Gasteiger partial charge is 0.497 e. The van der Waals surface area contributed by atoms with Crippen LogP contribution >= 0.6 is 11.8 Å². The molecule has 0 amide bonds. The molecular formula is C21H19N3OS. The maximum atomic E-state index is 9.88. The Balaban J connectivity index is 2.35. The molecule has 0 aliphatic rings. The first-order valence-electron chi connectivity index (χ1n) is 8.25. The lowest BCUT2D eigenvalue weighted by Crippen LogP contribution is -2.03. The molecule has 1 aromatic heterocycles. The van der Waals surface area contributed by atoms with E-state index in [0.717, 1.165) is 33.8 Å². The third kappa shape index (κ3) is 3.37. The summed E-state index contributed by atoms with van der Waals surface area (Å²) in [7, 11) is 1.63. The van der Waals surface area contributed by atoms with Crippen LogP contribution in [-0.4, -0.2) is 17.8 Å². The van der Waals surface area contributed by atoms with Gasteiger partial charge in [-0.05, 0) is 29.0 Å². The Hall–Kier alpha value is -2.97. The molecule has 0 radical (unpaired) electrons. The van der Waals surface area contributed by atoms with Crippen molar-refractivity contribution < 1.29 is 4.74 Å². The molecule has 2 aromatic carbocycles. The summed E-state index contributed by atoms with van der Waals surface area (Å²) in [5.41, 5.74) is 10.3. The van der Waals surface area contributed by atoms with Crippen molar-refractivity contribution in [1.82, 2.24) is 4.98 Å². The zero-order valence-corrected chi connectivity index (χ0v) is 15.5. The monoisotopic (exact) mass is 361 g/mol. The second-order valence-electron chi connectivity index (χ2n) is 5.57. The highest BCUT2D eigenvalue weighted by Gasteiger charge is 2.21. The molecule has 0 fully saturated rings. The lowest BCUT2D eigenvalue weighted by Gasteiger charge is -2.17. The van der Waals surface area contributed by atoms with Gasteiger partial charge in [-0.25, -0.2) is 4.98 Å². The molecule has 2 N–H and O–H groups in total. The lowest BCUT2D eigenvalue weighted by molar-refractivity contribution is 0.415. The summed E-state index contributed by atoms with van der Waals surface area (Å²) in [5, 5.41) is 10.5. The van der Waals surface area contributed by atoms with Crippen LogP contribution in [-0.2, 0) is 0 Å². The van der Waals surface area contributed by atoms with Crippen LogP contribution in [0.5, 0.6) is 5.75 Å². The van der Waals surface area contributed by atoms with Gasteiger partial charge in [0.1, 0.15) is 22.7 Å². The maximum Gasteiger partial charge on any atom is 0.133 e. The maximum absolute atomic E-state index is 9.88. The Morgan fingerprint density at radius 1 is 1.04 bits per heavy atom. The standard InChI is InChI=1S/C21H19N3OS/c1-3-26-21-17(13-22)18(15-9-11-16(25-2)12-10-15)19(20(23)24-21)14-7-5-4-6-8-14/h4-12H,3H2,1-2H3,(H2,23,24). The van der Waals surface area contributed by atoms with Crippen LogP contribution in [0.1, 0.15) is 12.5 Å². The molecule has 0 aliphatic heterocycles. The second-order valence-corrected chi connectivity index (χ2v) is 6.82. The minimum atomic E-state index is 0.428. The van der Waals surface area contributed by atoms with Gasteiger partial charge in [-0.1, -0.05) is 49.4 Å². The van der Waals surface area contributed by atoms with E-state index in [-0.39, 0.29) is 0 Å². The predicted molar refractivity (Wildman–Crippen MR) is 107 cm³/mol. The van der Waals surface area contributed by atoms with E-state index in [1.165, 1.54) is 11.8 Å². The van der Waals surface area contributed by atoms with Gasteiger partial charge in [0.2, 0.25) is 0 Å². The highest BCUT2D eigenvalue weighted by Crippen LogP contribution is 2.41. The van der Waals surface area contributed by atoms with Crippen molar-refractivity contribution in [1.29, 1.82) is 5.26 Å². The first-order valence-corrected chi connectivity index (χ1v) is 9.24. The van der Waals surface area contributed by atoms with E-state index >= 15 is 0 Å². The van der Waals surface area contributed by atoms with Crippen LogP contribution in [0.4, 0.5) is 5.82 Å². The summed E-state index contributed by atoms with van der Waals surface area (Å²) in [6.45, 7) is 2.03. The average Bonchev–Trinajstić information content (AvgIpc) is 2.68. The molecule has 0 bridgehead atoms. The van der Waals surface area contributed by atoms with E-state index in [0.29, 0.717) is 16.4 Å². The quantitative estimate of drug-likeness (QED) is 0.648. The van der Waals surface area contributed by atoms with Gasteiger partial charge < -0.3 is 10.5 Å². The third-order valence-corrected chi connectivity index (χ3v) is 4.88. The molecular weight excluding hydrogens is 342 g/mol. The fraction of sp³-hybridized carbons (Fsp3) is 0.143. The van der Waals surface area contributed by atoms with Crippen molar-refractivity contribution >= 4 is 17.6 Å². The number of thioether (sulfide) groups is 1. The number of ether oxygens (including phenoxy) is 1. The van der Waals surface area contributed by atoms with Gasteiger partial charge in [0.05, 0.1) is 12.7 Å². The smallest absolute Gasteiger partial charge is 0.133 e.